The first-order chi connectivity index (χ1) is 7.75. The Morgan fingerprint density at radius 2 is 2.06 bits per heavy atom. The number of anilines is 1. The van der Waals surface area contributed by atoms with Crippen molar-refractivity contribution in [3.63, 3.8) is 0 Å². The molecule has 0 unspecified atom stereocenters. The molecule has 4 nitrogen and oxygen atoms in total. The molecule has 1 aromatic heterocycles. The van der Waals surface area contributed by atoms with Gasteiger partial charge in [-0.3, -0.25) is 0 Å². The second-order valence-electron chi connectivity index (χ2n) is 4.26. The van der Waals surface area contributed by atoms with Crippen LogP contribution in [0.15, 0.2) is 18.3 Å². The second kappa shape index (κ2) is 5.16. The van der Waals surface area contributed by atoms with Crippen LogP contribution < -0.4 is 15.0 Å². The van der Waals surface area contributed by atoms with Gasteiger partial charge in [-0.05, 0) is 26.0 Å². The molecule has 0 bridgehead atoms. The Hall–Kier alpha value is -1.29. The predicted molar refractivity (Wildman–Crippen MR) is 65.1 cm³/mol. The highest BCUT2D eigenvalue weighted by molar-refractivity contribution is 5.41. The van der Waals surface area contributed by atoms with Crippen molar-refractivity contribution in [2.45, 2.75) is 20.0 Å². The van der Waals surface area contributed by atoms with Crippen molar-refractivity contribution in [3.8, 4) is 5.75 Å². The van der Waals surface area contributed by atoms with Crippen LogP contribution in [0.3, 0.4) is 0 Å². The third kappa shape index (κ3) is 2.85. The minimum Gasteiger partial charge on any atom is -0.489 e. The van der Waals surface area contributed by atoms with Crippen molar-refractivity contribution >= 4 is 5.82 Å². The van der Waals surface area contributed by atoms with Crippen LogP contribution in [0.1, 0.15) is 13.8 Å². The SMILES string of the molecule is CC(C)Oc1ccc(N2CCNCC2)nc1. The van der Waals surface area contributed by atoms with Crippen LogP contribution in [0.25, 0.3) is 0 Å². The molecule has 2 rings (SSSR count). The van der Waals surface area contributed by atoms with Gasteiger partial charge >= 0.3 is 0 Å². The van der Waals surface area contributed by atoms with E-state index in [-0.39, 0.29) is 6.10 Å². The summed E-state index contributed by atoms with van der Waals surface area (Å²) in [6.07, 6.45) is 2.00. The van der Waals surface area contributed by atoms with Crippen LogP contribution in [0.4, 0.5) is 5.82 Å². The molecule has 4 heteroatoms. The lowest BCUT2D eigenvalue weighted by Crippen LogP contribution is -2.43. The first kappa shape index (κ1) is 11.2. The van der Waals surface area contributed by atoms with Crippen LogP contribution in [-0.2, 0) is 0 Å². The summed E-state index contributed by atoms with van der Waals surface area (Å²) in [7, 11) is 0. The summed E-state index contributed by atoms with van der Waals surface area (Å²) in [4.78, 5) is 6.72. The molecule has 88 valence electrons. The van der Waals surface area contributed by atoms with E-state index < -0.39 is 0 Å². The minimum atomic E-state index is 0.201. The molecule has 2 heterocycles. The van der Waals surface area contributed by atoms with Gasteiger partial charge in [-0.2, -0.15) is 0 Å². The molecule has 1 aliphatic heterocycles. The molecular formula is C12H19N3O. The molecule has 1 aromatic rings. The molecule has 0 aliphatic carbocycles. The van der Waals surface area contributed by atoms with Gasteiger partial charge in [-0.1, -0.05) is 0 Å². The zero-order chi connectivity index (χ0) is 11.4. The van der Waals surface area contributed by atoms with Crippen molar-refractivity contribution in [1.29, 1.82) is 0 Å². The number of piperazine rings is 1. The average molecular weight is 221 g/mol. The lowest BCUT2D eigenvalue weighted by molar-refractivity contribution is 0.241. The van der Waals surface area contributed by atoms with Gasteiger partial charge in [0.25, 0.3) is 0 Å². The zero-order valence-electron chi connectivity index (χ0n) is 9.94. The van der Waals surface area contributed by atoms with Gasteiger partial charge in [0.05, 0.1) is 12.3 Å². The molecule has 1 N–H and O–H groups in total. The van der Waals surface area contributed by atoms with Gasteiger partial charge in [0.1, 0.15) is 11.6 Å². The van der Waals surface area contributed by atoms with Crippen LogP contribution in [0, 0.1) is 0 Å². The lowest BCUT2D eigenvalue weighted by atomic mass is 10.3. The quantitative estimate of drug-likeness (QED) is 0.834. The molecule has 0 amide bonds. The van der Waals surface area contributed by atoms with E-state index in [0.717, 1.165) is 37.7 Å². The number of nitrogens with zero attached hydrogens (tertiary/aromatic N) is 2. The van der Waals surface area contributed by atoms with Crippen LogP contribution in [0.2, 0.25) is 0 Å². The van der Waals surface area contributed by atoms with E-state index >= 15 is 0 Å². The Balaban J connectivity index is 2.00. The van der Waals surface area contributed by atoms with Gasteiger partial charge < -0.3 is 15.0 Å². The standard InChI is InChI=1S/C12H19N3O/c1-10(2)16-11-3-4-12(14-9-11)15-7-5-13-6-8-15/h3-4,9-10,13H,5-8H2,1-2H3. The van der Waals surface area contributed by atoms with E-state index in [1.807, 2.05) is 26.0 Å². The van der Waals surface area contributed by atoms with Gasteiger partial charge in [-0.15, -0.1) is 0 Å². The Morgan fingerprint density at radius 3 is 2.62 bits per heavy atom. The molecule has 0 spiro atoms. The molecule has 1 saturated heterocycles. The second-order valence-corrected chi connectivity index (χ2v) is 4.26. The Bertz CT molecular complexity index is 318. The number of rotatable bonds is 3. The predicted octanol–water partition coefficient (Wildman–Crippen LogP) is 1.28. The van der Waals surface area contributed by atoms with E-state index in [1.54, 1.807) is 6.20 Å². The molecule has 0 saturated carbocycles. The number of hydrogen-bond donors (Lipinski definition) is 1. The van der Waals surface area contributed by atoms with Crippen molar-refractivity contribution in [2.24, 2.45) is 0 Å². The first-order valence-corrected chi connectivity index (χ1v) is 5.84. The molecule has 0 aromatic carbocycles. The van der Waals surface area contributed by atoms with E-state index in [1.165, 1.54) is 0 Å². The molecular weight excluding hydrogens is 202 g/mol. The fourth-order valence-electron chi connectivity index (χ4n) is 1.80. The fourth-order valence-corrected chi connectivity index (χ4v) is 1.80. The smallest absolute Gasteiger partial charge is 0.138 e. The van der Waals surface area contributed by atoms with Gasteiger partial charge in [0, 0.05) is 26.2 Å². The summed E-state index contributed by atoms with van der Waals surface area (Å²) in [5.74, 6) is 1.88. The maximum atomic E-state index is 5.56. The minimum absolute atomic E-state index is 0.201. The highest BCUT2D eigenvalue weighted by atomic mass is 16.5. The number of ether oxygens (including phenoxy) is 1. The lowest BCUT2D eigenvalue weighted by Gasteiger charge is -2.28. The van der Waals surface area contributed by atoms with E-state index in [0.29, 0.717) is 0 Å². The normalized spacial score (nSPS) is 16.6. The molecule has 1 aliphatic rings. The molecule has 16 heavy (non-hydrogen) atoms. The maximum absolute atomic E-state index is 5.56. The zero-order valence-corrected chi connectivity index (χ0v) is 9.94. The average Bonchev–Trinajstić information content (AvgIpc) is 2.30. The van der Waals surface area contributed by atoms with Crippen LogP contribution in [0.5, 0.6) is 5.75 Å². The van der Waals surface area contributed by atoms with Gasteiger partial charge in [-0.25, -0.2) is 4.98 Å². The fraction of sp³-hybridized carbons (Fsp3) is 0.583. The summed E-state index contributed by atoms with van der Waals surface area (Å²) < 4.78 is 5.56. The number of aromatic nitrogens is 1. The summed E-state index contributed by atoms with van der Waals surface area (Å²) in [6, 6.07) is 4.02. The summed E-state index contributed by atoms with van der Waals surface area (Å²) in [5, 5.41) is 3.33. The number of pyridine rings is 1. The Morgan fingerprint density at radius 1 is 1.31 bits per heavy atom. The van der Waals surface area contributed by atoms with Crippen molar-refractivity contribution in [3.05, 3.63) is 18.3 Å². The van der Waals surface area contributed by atoms with Crippen molar-refractivity contribution in [2.75, 3.05) is 31.1 Å². The van der Waals surface area contributed by atoms with Gasteiger partial charge in [0.2, 0.25) is 0 Å². The molecule has 0 radical (unpaired) electrons. The molecule has 0 atom stereocenters. The number of hydrogen-bond acceptors (Lipinski definition) is 4. The summed E-state index contributed by atoms with van der Waals surface area (Å²) in [6.45, 7) is 8.15. The topological polar surface area (TPSA) is 37.4 Å². The third-order valence-electron chi connectivity index (χ3n) is 2.53. The van der Waals surface area contributed by atoms with Crippen molar-refractivity contribution < 1.29 is 4.74 Å². The number of nitrogens with one attached hydrogen (secondary N) is 1. The third-order valence-corrected chi connectivity index (χ3v) is 2.53. The van der Waals surface area contributed by atoms with E-state index in [2.05, 4.69) is 15.2 Å². The summed E-state index contributed by atoms with van der Waals surface area (Å²) >= 11 is 0. The maximum Gasteiger partial charge on any atom is 0.138 e. The van der Waals surface area contributed by atoms with Gasteiger partial charge in [0.15, 0.2) is 0 Å². The monoisotopic (exact) mass is 221 g/mol. The molecule has 1 fully saturated rings. The highest BCUT2D eigenvalue weighted by Crippen LogP contribution is 2.16. The Labute approximate surface area is 96.6 Å². The summed E-state index contributed by atoms with van der Waals surface area (Å²) in [5.41, 5.74) is 0. The van der Waals surface area contributed by atoms with Crippen LogP contribution >= 0.6 is 0 Å². The largest absolute Gasteiger partial charge is 0.489 e. The van der Waals surface area contributed by atoms with E-state index in [4.69, 9.17) is 4.74 Å². The van der Waals surface area contributed by atoms with Crippen molar-refractivity contribution in [1.82, 2.24) is 10.3 Å². The van der Waals surface area contributed by atoms with E-state index in [9.17, 15) is 0 Å². The Kier molecular flexibility index (Phi) is 3.62. The first-order valence-electron chi connectivity index (χ1n) is 5.84. The van der Waals surface area contributed by atoms with Crippen LogP contribution in [-0.4, -0.2) is 37.3 Å². The highest BCUT2D eigenvalue weighted by Gasteiger charge is 2.11.